The second-order valence-corrected chi connectivity index (χ2v) is 15.0. The Kier molecular flexibility index (Phi) is 11.4. The molecule has 0 bridgehead atoms. The summed E-state index contributed by atoms with van der Waals surface area (Å²) in [5.41, 5.74) is 19.1. The fourth-order valence-electron chi connectivity index (χ4n) is 7.89. The normalized spacial score (nSPS) is 12.7. The molecule has 0 radical (unpaired) electrons. The number of benzene rings is 7. The molecule has 7 aromatic rings. The van der Waals surface area contributed by atoms with Crippen LogP contribution in [0.15, 0.2) is 195 Å². The lowest BCUT2D eigenvalue weighted by Crippen LogP contribution is -2.16. The van der Waals surface area contributed by atoms with Crippen molar-refractivity contribution in [1.29, 1.82) is 0 Å². The first-order chi connectivity index (χ1) is 27.3. The maximum absolute atomic E-state index is 3.63. The van der Waals surface area contributed by atoms with E-state index in [0.29, 0.717) is 0 Å². The molecule has 8 rings (SSSR count). The third-order valence-electron chi connectivity index (χ3n) is 11.1. The molecule has 1 aliphatic carbocycles. The van der Waals surface area contributed by atoms with Crippen LogP contribution in [0.25, 0.3) is 45.0 Å². The molecule has 1 heteroatoms. The lowest BCUT2D eigenvalue weighted by Gasteiger charge is -2.24. The maximum Gasteiger partial charge on any atom is 0.0415 e. The molecule has 0 heterocycles. The number of hydrogen-bond acceptors (Lipinski definition) is 1. The number of para-hydroxylation sites is 1. The highest BCUT2D eigenvalue weighted by Gasteiger charge is 2.35. The third kappa shape index (κ3) is 7.99. The first-order valence-corrected chi connectivity index (χ1v) is 19.6. The lowest BCUT2D eigenvalue weighted by atomic mass is 9.81. The average molecular weight is 726 g/mol. The molecule has 0 spiro atoms. The SMILES string of the molecule is C/C=C(\C=C/CN(c1ccccc1)c1ccc(-c2ccc(C)c(-c3ccccc3C)c2)cc1)c1ccc2c(c1)C(C)(C)c1ccccc1-2.C=Cc1ccccc1. The van der Waals surface area contributed by atoms with E-state index in [1.54, 1.807) is 0 Å². The Morgan fingerprint density at radius 3 is 1.82 bits per heavy atom. The van der Waals surface area contributed by atoms with Gasteiger partial charge in [0.25, 0.3) is 0 Å². The van der Waals surface area contributed by atoms with Crippen LogP contribution in [0.5, 0.6) is 0 Å². The fourth-order valence-corrected chi connectivity index (χ4v) is 7.89. The van der Waals surface area contributed by atoms with Crippen molar-refractivity contribution in [3.05, 3.63) is 228 Å². The molecule has 0 saturated carbocycles. The van der Waals surface area contributed by atoms with E-state index in [-0.39, 0.29) is 5.41 Å². The molecular formula is C55H51N. The van der Waals surface area contributed by atoms with Crippen LogP contribution in [0.1, 0.15) is 54.2 Å². The van der Waals surface area contributed by atoms with Crippen LogP contribution >= 0.6 is 0 Å². The zero-order valence-corrected chi connectivity index (χ0v) is 33.3. The first-order valence-electron chi connectivity index (χ1n) is 19.6. The van der Waals surface area contributed by atoms with Gasteiger partial charge in [0.05, 0.1) is 0 Å². The topological polar surface area (TPSA) is 3.24 Å². The monoisotopic (exact) mass is 725 g/mol. The highest BCUT2D eigenvalue weighted by Crippen LogP contribution is 2.49. The van der Waals surface area contributed by atoms with Gasteiger partial charge in [-0.3, -0.25) is 0 Å². The van der Waals surface area contributed by atoms with Crippen LogP contribution in [0.4, 0.5) is 11.4 Å². The minimum Gasteiger partial charge on any atom is -0.338 e. The van der Waals surface area contributed by atoms with Crippen molar-refractivity contribution in [2.75, 3.05) is 11.4 Å². The summed E-state index contributed by atoms with van der Waals surface area (Å²) < 4.78 is 0. The van der Waals surface area contributed by atoms with Crippen LogP contribution in [0.2, 0.25) is 0 Å². The van der Waals surface area contributed by atoms with E-state index in [4.69, 9.17) is 0 Å². The number of allylic oxidation sites excluding steroid dienone is 3. The van der Waals surface area contributed by atoms with Gasteiger partial charge in [-0.05, 0) is 130 Å². The number of hydrogen-bond donors (Lipinski definition) is 0. The third-order valence-corrected chi connectivity index (χ3v) is 11.1. The van der Waals surface area contributed by atoms with Crippen molar-refractivity contribution in [2.24, 2.45) is 0 Å². The van der Waals surface area contributed by atoms with Crippen molar-refractivity contribution in [2.45, 2.75) is 40.0 Å². The van der Waals surface area contributed by atoms with Gasteiger partial charge in [0.15, 0.2) is 0 Å². The molecule has 0 unspecified atom stereocenters. The molecule has 7 aromatic carbocycles. The summed E-state index contributed by atoms with van der Waals surface area (Å²) in [6, 6.07) is 61.0. The smallest absolute Gasteiger partial charge is 0.0415 e. The predicted molar refractivity (Wildman–Crippen MR) is 244 cm³/mol. The largest absolute Gasteiger partial charge is 0.338 e. The fraction of sp³-hybridized carbons (Fsp3) is 0.127. The van der Waals surface area contributed by atoms with Crippen molar-refractivity contribution < 1.29 is 0 Å². The Bertz CT molecular complexity index is 2500. The number of fused-ring (bicyclic) bond motifs is 3. The first kappa shape index (κ1) is 37.9. The molecule has 0 saturated heterocycles. The Morgan fingerprint density at radius 2 is 1.14 bits per heavy atom. The van der Waals surface area contributed by atoms with Gasteiger partial charge in [-0.25, -0.2) is 0 Å². The van der Waals surface area contributed by atoms with Gasteiger partial charge in [0.2, 0.25) is 0 Å². The average Bonchev–Trinajstić information content (AvgIpc) is 3.47. The van der Waals surface area contributed by atoms with E-state index in [2.05, 4.69) is 204 Å². The van der Waals surface area contributed by atoms with Crippen LogP contribution in [0.3, 0.4) is 0 Å². The summed E-state index contributed by atoms with van der Waals surface area (Å²) in [5.74, 6) is 0. The molecule has 276 valence electrons. The van der Waals surface area contributed by atoms with Gasteiger partial charge in [-0.15, -0.1) is 0 Å². The van der Waals surface area contributed by atoms with E-state index in [9.17, 15) is 0 Å². The molecule has 0 aromatic heterocycles. The van der Waals surface area contributed by atoms with Gasteiger partial charge in [0, 0.05) is 23.3 Å². The highest BCUT2D eigenvalue weighted by molar-refractivity contribution is 5.84. The summed E-state index contributed by atoms with van der Waals surface area (Å²) >= 11 is 0. The molecule has 1 aliphatic rings. The van der Waals surface area contributed by atoms with Crippen LogP contribution < -0.4 is 4.90 Å². The molecule has 0 N–H and O–H groups in total. The zero-order valence-electron chi connectivity index (χ0n) is 33.3. The van der Waals surface area contributed by atoms with Crippen molar-refractivity contribution in [1.82, 2.24) is 0 Å². The van der Waals surface area contributed by atoms with Crippen molar-refractivity contribution >= 4 is 23.0 Å². The molecule has 0 fully saturated rings. The quantitative estimate of drug-likeness (QED) is 0.134. The number of nitrogens with zero attached hydrogens (tertiary/aromatic N) is 1. The molecule has 56 heavy (non-hydrogen) atoms. The van der Waals surface area contributed by atoms with E-state index in [1.807, 2.05) is 36.4 Å². The van der Waals surface area contributed by atoms with E-state index < -0.39 is 0 Å². The van der Waals surface area contributed by atoms with E-state index in [1.165, 1.54) is 83.7 Å². The lowest BCUT2D eigenvalue weighted by molar-refractivity contribution is 0.660. The molecule has 0 amide bonds. The van der Waals surface area contributed by atoms with Gasteiger partial charge in [-0.2, -0.15) is 0 Å². The summed E-state index contributed by atoms with van der Waals surface area (Å²) in [6.45, 7) is 15.6. The van der Waals surface area contributed by atoms with Crippen LogP contribution in [0, 0.1) is 13.8 Å². The van der Waals surface area contributed by atoms with Gasteiger partial charge in [-0.1, -0.05) is 178 Å². The Labute approximate surface area is 334 Å². The number of aryl methyl sites for hydroxylation is 2. The van der Waals surface area contributed by atoms with Gasteiger partial charge in [0.1, 0.15) is 0 Å². The van der Waals surface area contributed by atoms with E-state index in [0.717, 1.165) is 6.54 Å². The summed E-state index contributed by atoms with van der Waals surface area (Å²) in [5, 5.41) is 0. The molecular weight excluding hydrogens is 675 g/mol. The highest BCUT2D eigenvalue weighted by atomic mass is 15.1. The van der Waals surface area contributed by atoms with Crippen molar-refractivity contribution in [3.63, 3.8) is 0 Å². The van der Waals surface area contributed by atoms with Gasteiger partial charge < -0.3 is 4.90 Å². The Morgan fingerprint density at radius 1 is 0.554 bits per heavy atom. The van der Waals surface area contributed by atoms with Gasteiger partial charge >= 0.3 is 0 Å². The molecule has 1 nitrogen and oxygen atoms in total. The maximum atomic E-state index is 3.63. The number of anilines is 2. The molecule has 0 atom stereocenters. The minimum atomic E-state index is -0.0125. The summed E-state index contributed by atoms with van der Waals surface area (Å²) in [7, 11) is 0. The minimum absolute atomic E-state index is 0.0125. The van der Waals surface area contributed by atoms with Crippen LogP contribution in [-0.2, 0) is 5.41 Å². The Hall–Kier alpha value is -6.44. The zero-order chi connectivity index (χ0) is 39.1. The van der Waals surface area contributed by atoms with Crippen molar-refractivity contribution in [3.8, 4) is 33.4 Å². The number of rotatable bonds is 9. The Balaban J connectivity index is 0.000000536. The summed E-state index contributed by atoms with van der Waals surface area (Å²) in [6.07, 6.45) is 8.63. The standard InChI is InChI=1S/C47H43N.C8H8/c1-6-35(38-26-29-43-42-20-12-13-21-45(42)47(4,5)46(43)32-38)16-14-30-48(39-17-8-7-9-18-39)40-27-24-36(25-28-40)37-23-22-34(3)44(31-37)41-19-11-10-15-33(41)2;1-2-8-6-4-3-5-7-8/h6-29,31-32H,30H2,1-5H3;2-7H,1H2/b16-14-,35-6+;. The predicted octanol–water partition coefficient (Wildman–Crippen LogP) is 15.1. The second kappa shape index (κ2) is 16.9. The summed E-state index contributed by atoms with van der Waals surface area (Å²) in [4.78, 5) is 2.38. The second-order valence-electron chi connectivity index (χ2n) is 15.0. The van der Waals surface area contributed by atoms with E-state index >= 15 is 0 Å². The molecule has 0 aliphatic heterocycles. The van der Waals surface area contributed by atoms with Crippen LogP contribution in [-0.4, -0.2) is 6.54 Å².